The molecule has 2 aliphatic rings. The molecule has 1 N–H and O–H groups in total. The largest absolute Gasteiger partial charge is 0.399 e. The van der Waals surface area contributed by atoms with Crippen LogP contribution in [0.1, 0.15) is 40.7 Å². The van der Waals surface area contributed by atoms with Crippen molar-refractivity contribution in [1.29, 1.82) is 5.26 Å². The lowest BCUT2D eigenvalue weighted by Gasteiger charge is -2.28. The molecule has 1 amide bonds. The van der Waals surface area contributed by atoms with Gasteiger partial charge in [0.05, 0.1) is 36.0 Å². The maximum absolute atomic E-state index is 13.2. The van der Waals surface area contributed by atoms with Gasteiger partial charge in [-0.05, 0) is 60.6 Å². The van der Waals surface area contributed by atoms with E-state index >= 15 is 0 Å². The van der Waals surface area contributed by atoms with Crippen molar-refractivity contribution in [2.45, 2.75) is 38.3 Å². The lowest BCUT2D eigenvalue weighted by molar-refractivity contribution is 0.0417. The Labute approximate surface area is 176 Å². The van der Waals surface area contributed by atoms with Crippen LogP contribution in [0.15, 0.2) is 47.6 Å². The first-order chi connectivity index (χ1) is 14.5. The molecule has 6 heteroatoms. The van der Waals surface area contributed by atoms with Crippen molar-refractivity contribution in [3.05, 3.63) is 59.2 Å². The zero-order chi connectivity index (χ0) is 21.3. The molecule has 2 fully saturated rings. The molecule has 6 nitrogen and oxygen atoms in total. The van der Waals surface area contributed by atoms with E-state index in [0.29, 0.717) is 24.1 Å². The Hall–Kier alpha value is -3.17. The Morgan fingerprint density at radius 3 is 2.63 bits per heavy atom. The number of hydrogen-bond acceptors (Lipinski definition) is 5. The fourth-order valence-corrected chi connectivity index (χ4v) is 4.23. The van der Waals surface area contributed by atoms with Crippen LogP contribution < -0.4 is 0 Å². The summed E-state index contributed by atoms with van der Waals surface area (Å²) in [6.45, 7) is 2.30. The zero-order valence-corrected chi connectivity index (χ0v) is 17.2. The third-order valence-electron chi connectivity index (χ3n) is 6.08. The average Bonchev–Trinajstić information content (AvgIpc) is 3.53. The topological polar surface area (TPSA) is 85.9 Å². The summed E-state index contributed by atoms with van der Waals surface area (Å²) in [6.07, 6.45) is 2.02. The molecule has 1 saturated carbocycles. The van der Waals surface area contributed by atoms with Gasteiger partial charge in [0.15, 0.2) is 0 Å². The second-order valence-electron chi connectivity index (χ2n) is 8.04. The second kappa shape index (κ2) is 8.29. The third kappa shape index (κ3) is 3.81. The fraction of sp³-hybridized carbons (Fsp3) is 0.375. The average molecular weight is 403 g/mol. The van der Waals surface area contributed by atoms with E-state index in [1.165, 1.54) is 7.11 Å². The van der Waals surface area contributed by atoms with Crippen LogP contribution >= 0.6 is 0 Å². The molecular weight excluding hydrogens is 378 g/mol. The number of oxime groups is 1. The van der Waals surface area contributed by atoms with Crippen LogP contribution in [0.4, 0.5) is 0 Å². The standard InChI is InChI=1S/C24H25N3O3/c1-15-19(13-25)4-3-5-21(15)16-6-10-18(11-7-16)24(29)27-14-20(26-30-2)12-22(27)23(28)17-8-9-17/h3-7,10-11,17,22-23,28H,8-9,12,14H2,1-2H3/b26-20-/t22-,23+/m0/s1. The molecule has 4 rings (SSSR count). The van der Waals surface area contributed by atoms with Gasteiger partial charge in [-0.1, -0.05) is 29.4 Å². The quantitative estimate of drug-likeness (QED) is 0.774. The maximum atomic E-state index is 13.2. The fourth-order valence-electron chi connectivity index (χ4n) is 4.23. The molecule has 0 unspecified atom stereocenters. The Bertz CT molecular complexity index is 1020. The van der Waals surface area contributed by atoms with Crippen LogP contribution in [-0.2, 0) is 4.84 Å². The van der Waals surface area contributed by atoms with Crippen molar-refractivity contribution in [3.63, 3.8) is 0 Å². The molecule has 1 saturated heterocycles. The summed E-state index contributed by atoms with van der Waals surface area (Å²) in [5.74, 6) is 0.153. The SMILES string of the molecule is CO/N=C1/C[C@@H]([C@H](O)C2CC2)N(C(=O)c2ccc(-c3cccc(C#N)c3C)cc2)C1. The van der Waals surface area contributed by atoms with Crippen LogP contribution in [0.5, 0.6) is 0 Å². The highest BCUT2D eigenvalue weighted by Crippen LogP contribution is 2.38. The molecule has 1 aliphatic heterocycles. The number of likely N-dealkylation sites (tertiary alicyclic amines) is 1. The van der Waals surface area contributed by atoms with Gasteiger partial charge in [-0.2, -0.15) is 5.26 Å². The van der Waals surface area contributed by atoms with Gasteiger partial charge in [-0.3, -0.25) is 4.79 Å². The third-order valence-corrected chi connectivity index (χ3v) is 6.08. The molecule has 30 heavy (non-hydrogen) atoms. The molecular formula is C24H25N3O3. The summed E-state index contributed by atoms with van der Waals surface area (Å²) in [4.78, 5) is 19.9. The molecule has 0 spiro atoms. The van der Waals surface area contributed by atoms with E-state index in [0.717, 1.165) is 35.2 Å². The summed E-state index contributed by atoms with van der Waals surface area (Å²) in [7, 11) is 1.49. The van der Waals surface area contributed by atoms with Gasteiger partial charge >= 0.3 is 0 Å². The van der Waals surface area contributed by atoms with E-state index in [-0.39, 0.29) is 17.9 Å². The monoisotopic (exact) mass is 403 g/mol. The lowest BCUT2D eigenvalue weighted by Crippen LogP contribution is -2.43. The van der Waals surface area contributed by atoms with Gasteiger partial charge in [0.1, 0.15) is 7.11 Å². The normalized spacial score (nSPS) is 20.8. The van der Waals surface area contributed by atoms with Crippen LogP contribution in [-0.4, -0.2) is 47.4 Å². The minimum absolute atomic E-state index is 0.116. The molecule has 1 heterocycles. The molecule has 0 radical (unpaired) electrons. The Morgan fingerprint density at radius 2 is 2.00 bits per heavy atom. The first kappa shape index (κ1) is 20.1. The van der Waals surface area contributed by atoms with Crippen molar-refractivity contribution in [1.82, 2.24) is 4.90 Å². The van der Waals surface area contributed by atoms with E-state index in [2.05, 4.69) is 11.2 Å². The number of benzene rings is 2. The summed E-state index contributed by atoms with van der Waals surface area (Å²) in [5.41, 5.74) is 4.85. The highest BCUT2D eigenvalue weighted by atomic mass is 16.6. The molecule has 1 aliphatic carbocycles. The van der Waals surface area contributed by atoms with E-state index in [1.807, 2.05) is 43.3 Å². The maximum Gasteiger partial charge on any atom is 0.254 e. The van der Waals surface area contributed by atoms with E-state index < -0.39 is 6.10 Å². The van der Waals surface area contributed by atoms with Crippen LogP contribution in [0.2, 0.25) is 0 Å². The molecule has 2 aromatic carbocycles. The number of aliphatic hydroxyl groups excluding tert-OH is 1. The smallest absolute Gasteiger partial charge is 0.254 e. The Balaban J connectivity index is 1.58. The summed E-state index contributed by atoms with van der Waals surface area (Å²) in [5, 5.41) is 24.0. The van der Waals surface area contributed by atoms with Crippen LogP contribution in [0.25, 0.3) is 11.1 Å². The lowest BCUT2D eigenvalue weighted by atomic mass is 9.96. The Kier molecular flexibility index (Phi) is 5.56. The number of carbonyl (C=O) groups excluding carboxylic acids is 1. The summed E-state index contributed by atoms with van der Waals surface area (Å²) in [6, 6.07) is 15.0. The van der Waals surface area contributed by atoms with E-state index in [9.17, 15) is 15.2 Å². The number of nitrogens with zero attached hydrogens (tertiary/aromatic N) is 3. The predicted octanol–water partition coefficient (Wildman–Crippen LogP) is 3.52. The molecule has 0 aromatic heterocycles. The number of hydrogen-bond donors (Lipinski definition) is 1. The molecule has 2 atom stereocenters. The highest BCUT2D eigenvalue weighted by Gasteiger charge is 2.44. The number of nitriles is 1. The first-order valence-corrected chi connectivity index (χ1v) is 10.2. The van der Waals surface area contributed by atoms with Gasteiger partial charge in [0.25, 0.3) is 5.91 Å². The number of carbonyl (C=O) groups is 1. The van der Waals surface area contributed by atoms with Crippen molar-refractivity contribution in [3.8, 4) is 17.2 Å². The van der Waals surface area contributed by atoms with Crippen LogP contribution in [0, 0.1) is 24.2 Å². The van der Waals surface area contributed by atoms with Crippen molar-refractivity contribution in [2.24, 2.45) is 11.1 Å². The highest BCUT2D eigenvalue weighted by molar-refractivity contribution is 6.00. The minimum atomic E-state index is -0.533. The van der Waals surface area contributed by atoms with Gasteiger partial charge < -0.3 is 14.8 Å². The van der Waals surface area contributed by atoms with Crippen molar-refractivity contribution < 1.29 is 14.7 Å². The Morgan fingerprint density at radius 1 is 1.27 bits per heavy atom. The van der Waals surface area contributed by atoms with Gasteiger partial charge in [0, 0.05) is 12.0 Å². The van der Waals surface area contributed by atoms with Crippen molar-refractivity contribution >= 4 is 11.6 Å². The van der Waals surface area contributed by atoms with E-state index in [4.69, 9.17) is 4.84 Å². The summed E-state index contributed by atoms with van der Waals surface area (Å²) < 4.78 is 0. The molecule has 2 aromatic rings. The minimum Gasteiger partial charge on any atom is -0.399 e. The number of rotatable bonds is 5. The number of aliphatic hydroxyl groups is 1. The van der Waals surface area contributed by atoms with E-state index in [1.54, 1.807) is 11.0 Å². The predicted molar refractivity (Wildman–Crippen MR) is 114 cm³/mol. The van der Waals surface area contributed by atoms with Crippen molar-refractivity contribution in [2.75, 3.05) is 13.7 Å². The molecule has 0 bridgehead atoms. The molecule has 154 valence electrons. The van der Waals surface area contributed by atoms with Gasteiger partial charge in [-0.15, -0.1) is 0 Å². The van der Waals surface area contributed by atoms with Gasteiger partial charge in [-0.25, -0.2) is 0 Å². The second-order valence-corrected chi connectivity index (χ2v) is 8.04. The van der Waals surface area contributed by atoms with Gasteiger partial charge in [0.2, 0.25) is 0 Å². The van der Waals surface area contributed by atoms with Crippen LogP contribution in [0.3, 0.4) is 0 Å². The number of amides is 1. The summed E-state index contributed by atoms with van der Waals surface area (Å²) >= 11 is 0. The first-order valence-electron chi connectivity index (χ1n) is 10.2. The zero-order valence-electron chi connectivity index (χ0n) is 17.2.